The van der Waals surface area contributed by atoms with Crippen molar-refractivity contribution in [2.75, 3.05) is 26.9 Å². The summed E-state index contributed by atoms with van der Waals surface area (Å²) in [6.07, 6.45) is 0.693. The average molecular weight is 360 g/mol. The van der Waals surface area contributed by atoms with Crippen molar-refractivity contribution in [3.05, 3.63) is 40.7 Å². The van der Waals surface area contributed by atoms with E-state index in [-0.39, 0.29) is 13.2 Å². The van der Waals surface area contributed by atoms with Gasteiger partial charge in [-0.2, -0.15) is 0 Å². The number of carbonyl (C=O) groups is 3. The molecule has 0 radical (unpaired) electrons. The maximum atomic E-state index is 13.7. The molecule has 0 aliphatic heterocycles. The summed E-state index contributed by atoms with van der Waals surface area (Å²) in [5, 5.41) is 0. The number of carbonyl (C=O) groups excluding carboxylic acids is 3. The van der Waals surface area contributed by atoms with E-state index in [2.05, 4.69) is 9.47 Å². The number of rotatable bonds is 8. The predicted molar refractivity (Wildman–Crippen MR) is 78.8 cm³/mol. The standard InChI is InChI=1S/C16H15F3O6/c1-9(20)25-8-13(21)11(16(22)24-6-5-23-2)7-10-3-4-12(17)15(19)14(10)18/h3-4,7H,5-6,8H2,1-2H3. The molecule has 0 heterocycles. The zero-order valence-corrected chi connectivity index (χ0v) is 13.4. The van der Waals surface area contributed by atoms with Gasteiger partial charge in [-0.15, -0.1) is 0 Å². The molecular weight excluding hydrogens is 345 g/mol. The van der Waals surface area contributed by atoms with Gasteiger partial charge in [-0.25, -0.2) is 18.0 Å². The van der Waals surface area contributed by atoms with E-state index in [1.807, 2.05) is 0 Å². The number of benzene rings is 1. The van der Waals surface area contributed by atoms with Crippen LogP contribution in [0.3, 0.4) is 0 Å². The van der Waals surface area contributed by atoms with Crippen molar-refractivity contribution in [3.63, 3.8) is 0 Å². The van der Waals surface area contributed by atoms with E-state index in [0.717, 1.165) is 13.0 Å². The van der Waals surface area contributed by atoms with Crippen LogP contribution >= 0.6 is 0 Å². The van der Waals surface area contributed by atoms with Crippen molar-refractivity contribution in [1.29, 1.82) is 0 Å². The summed E-state index contributed by atoms with van der Waals surface area (Å²) in [6.45, 7) is 0.0822. The number of hydrogen-bond donors (Lipinski definition) is 0. The Balaban J connectivity index is 3.16. The lowest BCUT2D eigenvalue weighted by Gasteiger charge is -2.08. The lowest BCUT2D eigenvalue weighted by atomic mass is 10.1. The fourth-order valence-corrected chi connectivity index (χ4v) is 1.60. The van der Waals surface area contributed by atoms with E-state index in [0.29, 0.717) is 12.1 Å². The van der Waals surface area contributed by atoms with E-state index in [1.165, 1.54) is 7.11 Å². The second-order valence-electron chi connectivity index (χ2n) is 4.65. The van der Waals surface area contributed by atoms with Gasteiger partial charge in [-0.1, -0.05) is 0 Å². The Hall–Kier alpha value is -2.68. The molecule has 0 aliphatic rings. The van der Waals surface area contributed by atoms with Crippen molar-refractivity contribution < 1.29 is 41.8 Å². The normalized spacial score (nSPS) is 11.2. The van der Waals surface area contributed by atoms with Crippen molar-refractivity contribution in [2.24, 2.45) is 0 Å². The molecule has 6 nitrogen and oxygen atoms in total. The van der Waals surface area contributed by atoms with Gasteiger partial charge < -0.3 is 14.2 Å². The Kier molecular flexibility index (Phi) is 7.80. The molecule has 1 rings (SSSR count). The lowest BCUT2D eigenvalue weighted by molar-refractivity contribution is -0.147. The average Bonchev–Trinajstić information content (AvgIpc) is 2.57. The summed E-state index contributed by atoms with van der Waals surface area (Å²) in [7, 11) is 1.35. The van der Waals surface area contributed by atoms with Crippen LogP contribution in [-0.2, 0) is 28.6 Å². The van der Waals surface area contributed by atoms with Crippen LogP contribution in [0.5, 0.6) is 0 Å². The summed E-state index contributed by atoms with van der Waals surface area (Å²) in [6, 6.07) is 1.48. The number of halogens is 3. The molecule has 1 aromatic carbocycles. The van der Waals surface area contributed by atoms with Crippen LogP contribution in [0, 0.1) is 17.5 Å². The van der Waals surface area contributed by atoms with Gasteiger partial charge in [-0.05, 0) is 18.2 Å². The fraction of sp³-hybridized carbons (Fsp3) is 0.312. The van der Waals surface area contributed by atoms with Crippen LogP contribution in [0.2, 0.25) is 0 Å². The molecule has 0 spiro atoms. The van der Waals surface area contributed by atoms with Crippen LogP contribution in [-0.4, -0.2) is 44.7 Å². The molecule has 0 saturated carbocycles. The lowest BCUT2D eigenvalue weighted by Crippen LogP contribution is -2.22. The highest BCUT2D eigenvalue weighted by atomic mass is 19.2. The predicted octanol–water partition coefficient (Wildman–Crippen LogP) is 1.81. The van der Waals surface area contributed by atoms with E-state index in [4.69, 9.17) is 4.74 Å². The highest BCUT2D eigenvalue weighted by Gasteiger charge is 2.22. The van der Waals surface area contributed by atoms with Crippen LogP contribution < -0.4 is 0 Å². The van der Waals surface area contributed by atoms with Crippen LogP contribution in [0.1, 0.15) is 12.5 Å². The Labute approximate surface area is 141 Å². The Morgan fingerprint density at radius 2 is 1.72 bits per heavy atom. The first kappa shape index (κ1) is 20.4. The third-order valence-corrected chi connectivity index (χ3v) is 2.81. The van der Waals surface area contributed by atoms with Gasteiger partial charge in [0.05, 0.1) is 6.61 Å². The second kappa shape index (κ2) is 9.58. The molecule has 0 aromatic heterocycles. The van der Waals surface area contributed by atoms with Gasteiger partial charge in [0.25, 0.3) is 0 Å². The van der Waals surface area contributed by atoms with Crippen LogP contribution in [0.4, 0.5) is 13.2 Å². The fourth-order valence-electron chi connectivity index (χ4n) is 1.60. The molecule has 1 aromatic rings. The molecule has 0 amide bonds. The largest absolute Gasteiger partial charge is 0.460 e. The van der Waals surface area contributed by atoms with Gasteiger partial charge in [0.1, 0.15) is 12.2 Å². The minimum absolute atomic E-state index is 0.0384. The highest BCUT2D eigenvalue weighted by molar-refractivity contribution is 6.21. The van der Waals surface area contributed by atoms with Crippen molar-refractivity contribution in [3.8, 4) is 0 Å². The van der Waals surface area contributed by atoms with Crippen molar-refractivity contribution in [2.45, 2.75) is 6.92 Å². The second-order valence-corrected chi connectivity index (χ2v) is 4.65. The molecule has 0 bridgehead atoms. The van der Waals surface area contributed by atoms with E-state index in [1.54, 1.807) is 0 Å². The first-order valence-corrected chi connectivity index (χ1v) is 6.95. The first-order valence-electron chi connectivity index (χ1n) is 6.95. The molecule has 0 unspecified atom stereocenters. The monoisotopic (exact) mass is 360 g/mol. The molecule has 0 atom stereocenters. The van der Waals surface area contributed by atoms with Crippen molar-refractivity contribution in [1.82, 2.24) is 0 Å². The third-order valence-electron chi connectivity index (χ3n) is 2.81. The molecule has 0 N–H and O–H groups in total. The highest BCUT2D eigenvalue weighted by Crippen LogP contribution is 2.19. The zero-order valence-electron chi connectivity index (χ0n) is 13.4. The number of Topliss-reactive ketones (excluding diaryl/α,β-unsaturated/α-hetero) is 1. The van der Waals surface area contributed by atoms with E-state index >= 15 is 0 Å². The quantitative estimate of drug-likeness (QED) is 0.176. The van der Waals surface area contributed by atoms with Gasteiger partial charge in [0, 0.05) is 19.6 Å². The summed E-state index contributed by atoms with van der Waals surface area (Å²) >= 11 is 0. The van der Waals surface area contributed by atoms with Gasteiger partial charge in [-0.3, -0.25) is 9.59 Å². The number of ether oxygens (including phenoxy) is 3. The summed E-state index contributed by atoms with van der Waals surface area (Å²) < 4.78 is 53.9. The molecule has 136 valence electrons. The third kappa shape index (κ3) is 6.03. The van der Waals surface area contributed by atoms with Crippen LogP contribution in [0.15, 0.2) is 17.7 Å². The Bertz CT molecular complexity index is 699. The first-order chi connectivity index (χ1) is 11.8. The van der Waals surface area contributed by atoms with Crippen molar-refractivity contribution >= 4 is 23.8 Å². The maximum absolute atomic E-state index is 13.7. The molecular formula is C16H15F3O6. The smallest absolute Gasteiger partial charge is 0.342 e. The summed E-state index contributed by atoms with van der Waals surface area (Å²) in [5.41, 5.74) is -1.24. The molecule has 0 saturated heterocycles. The Morgan fingerprint density at radius 1 is 1.04 bits per heavy atom. The topological polar surface area (TPSA) is 78.9 Å². The molecule has 0 aliphatic carbocycles. The summed E-state index contributed by atoms with van der Waals surface area (Å²) in [5.74, 6) is -7.69. The van der Waals surface area contributed by atoms with E-state index in [9.17, 15) is 27.6 Å². The number of hydrogen-bond acceptors (Lipinski definition) is 6. The number of methoxy groups -OCH3 is 1. The molecule has 9 heteroatoms. The molecule has 0 fully saturated rings. The number of esters is 2. The number of ketones is 1. The molecule has 25 heavy (non-hydrogen) atoms. The zero-order chi connectivity index (χ0) is 19.0. The summed E-state index contributed by atoms with van der Waals surface area (Å²) in [4.78, 5) is 34.8. The van der Waals surface area contributed by atoms with Crippen LogP contribution in [0.25, 0.3) is 6.08 Å². The van der Waals surface area contributed by atoms with Gasteiger partial charge in [0.2, 0.25) is 5.78 Å². The minimum atomic E-state index is -1.76. The maximum Gasteiger partial charge on any atom is 0.342 e. The van der Waals surface area contributed by atoms with Gasteiger partial charge in [0.15, 0.2) is 24.1 Å². The minimum Gasteiger partial charge on any atom is -0.460 e. The van der Waals surface area contributed by atoms with Gasteiger partial charge >= 0.3 is 11.9 Å². The SMILES string of the molecule is COCCOC(=O)C(=Cc1ccc(F)c(F)c1F)C(=O)COC(C)=O. The van der Waals surface area contributed by atoms with E-state index < -0.39 is 52.9 Å². The Morgan fingerprint density at radius 3 is 2.32 bits per heavy atom.